The second kappa shape index (κ2) is 9.94. The largest absolute Gasteiger partial charge is 0.380 e. The Labute approximate surface area is 183 Å². The van der Waals surface area contributed by atoms with Crippen LogP contribution in [0.25, 0.3) is 11.2 Å². The quantitative estimate of drug-likeness (QED) is 0.422. The van der Waals surface area contributed by atoms with Crippen molar-refractivity contribution < 1.29 is 15.0 Å². The number of imidazole rings is 1. The number of carbonyl (C=O) groups excluding carboxylic acids is 1. The van der Waals surface area contributed by atoms with E-state index in [1.165, 1.54) is 13.8 Å². The number of amides is 1. The van der Waals surface area contributed by atoms with Gasteiger partial charge in [-0.1, -0.05) is 25.4 Å². The third kappa shape index (κ3) is 5.62. The highest BCUT2D eigenvalue weighted by Crippen LogP contribution is 2.40. The lowest BCUT2D eigenvalue weighted by molar-refractivity contribution is -0.127. The molecule has 1 aliphatic carbocycles. The average molecular weight is 440 g/mol. The number of pyridine rings is 1. The van der Waals surface area contributed by atoms with Gasteiger partial charge in [0, 0.05) is 30.6 Å². The molecule has 9 heteroatoms. The standard InChI is InChI=1S/C16H20ClN5O.C3H8O2.C2H6/c1-8-5-11-12(20-8)13-15(21-14(11)17)22(7-19-13)10-4-3-9(6-10)16(23)18-2;1-3(2,4)5;1-2/h7-10,20H,3-6H2,1-2H3,(H,18,23);4-5H,1-2H3;1-2H3. The molecule has 1 aliphatic heterocycles. The molecular formula is C21H34ClN5O3. The minimum atomic E-state index is -1.50. The number of carbonyl (C=O) groups is 1. The van der Waals surface area contributed by atoms with Crippen molar-refractivity contribution >= 4 is 34.4 Å². The highest BCUT2D eigenvalue weighted by Gasteiger charge is 2.32. The van der Waals surface area contributed by atoms with Crippen molar-refractivity contribution in [2.75, 3.05) is 12.4 Å². The molecule has 4 rings (SSSR count). The van der Waals surface area contributed by atoms with Gasteiger partial charge in [-0.3, -0.25) is 4.79 Å². The maximum atomic E-state index is 11.9. The molecule has 168 valence electrons. The van der Waals surface area contributed by atoms with Crippen LogP contribution >= 0.6 is 11.6 Å². The summed E-state index contributed by atoms with van der Waals surface area (Å²) in [4.78, 5) is 21.0. The number of halogens is 1. The van der Waals surface area contributed by atoms with Gasteiger partial charge in [-0.05, 0) is 46.5 Å². The summed E-state index contributed by atoms with van der Waals surface area (Å²) in [5.41, 5.74) is 3.79. The van der Waals surface area contributed by atoms with Gasteiger partial charge in [0.2, 0.25) is 5.91 Å². The van der Waals surface area contributed by atoms with Gasteiger partial charge in [-0.2, -0.15) is 0 Å². The number of aliphatic hydroxyl groups is 2. The minimum absolute atomic E-state index is 0.0745. The summed E-state index contributed by atoms with van der Waals surface area (Å²) in [7, 11) is 1.69. The van der Waals surface area contributed by atoms with Gasteiger partial charge in [0.05, 0.1) is 12.0 Å². The molecule has 2 aromatic heterocycles. The predicted molar refractivity (Wildman–Crippen MR) is 120 cm³/mol. The predicted octanol–water partition coefficient (Wildman–Crippen LogP) is 3.26. The zero-order valence-corrected chi connectivity index (χ0v) is 19.4. The van der Waals surface area contributed by atoms with Gasteiger partial charge in [0.1, 0.15) is 10.7 Å². The Morgan fingerprint density at radius 3 is 2.57 bits per heavy atom. The molecule has 2 aromatic rings. The zero-order chi connectivity index (χ0) is 22.6. The maximum absolute atomic E-state index is 11.9. The smallest absolute Gasteiger partial charge is 0.222 e. The number of fused-ring (bicyclic) bond motifs is 3. The molecule has 8 nitrogen and oxygen atoms in total. The highest BCUT2D eigenvalue weighted by atomic mass is 35.5. The molecule has 3 atom stereocenters. The summed E-state index contributed by atoms with van der Waals surface area (Å²) in [6.45, 7) is 8.73. The van der Waals surface area contributed by atoms with Crippen LogP contribution in [0.5, 0.6) is 0 Å². The van der Waals surface area contributed by atoms with E-state index in [9.17, 15) is 4.79 Å². The first-order chi connectivity index (χ1) is 14.1. The van der Waals surface area contributed by atoms with Gasteiger partial charge >= 0.3 is 0 Å². The van der Waals surface area contributed by atoms with Crippen molar-refractivity contribution in [3.05, 3.63) is 17.0 Å². The van der Waals surface area contributed by atoms with Gasteiger partial charge in [-0.25, -0.2) is 9.97 Å². The van der Waals surface area contributed by atoms with Crippen molar-refractivity contribution in [3.8, 4) is 0 Å². The summed E-state index contributed by atoms with van der Waals surface area (Å²) < 4.78 is 2.09. The van der Waals surface area contributed by atoms with Crippen LogP contribution in [0.4, 0.5) is 5.69 Å². The molecule has 3 heterocycles. The molecular weight excluding hydrogens is 406 g/mol. The third-order valence-corrected chi connectivity index (χ3v) is 5.39. The molecule has 4 N–H and O–H groups in total. The minimum Gasteiger partial charge on any atom is -0.380 e. The average Bonchev–Trinajstić information content (AvgIpc) is 3.38. The second-order valence-electron chi connectivity index (χ2n) is 8.10. The number of hydrogen-bond acceptors (Lipinski definition) is 6. The summed E-state index contributed by atoms with van der Waals surface area (Å²) in [5.74, 6) is -1.30. The number of rotatable bonds is 2. The molecule has 0 aromatic carbocycles. The van der Waals surface area contributed by atoms with E-state index in [0.29, 0.717) is 11.2 Å². The lowest BCUT2D eigenvalue weighted by atomic mass is 10.1. The fraction of sp³-hybridized carbons (Fsp3) is 0.667. The molecule has 0 bridgehead atoms. The Balaban J connectivity index is 0.000000404. The van der Waals surface area contributed by atoms with E-state index in [0.717, 1.165) is 48.1 Å². The van der Waals surface area contributed by atoms with Crippen LogP contribution in [0.15, 0.2) is 6.33 Å². The van der Waals surface area contributed by atoms with Gasteiger partial charge in [0.15, 0.2) is 11.4 Å². The number of nitrogens with one attached hydrogen (secondary N) is 2. The molecule has 30 heavy (non-hydrogen) atoms. The number of nitrogens with zero attached hydrogens (tertiary/aromatic N) is 3. The van der Waals surface area contributed by atoms with Crippen LogP contribution in [-0.4, -0.2) is 49.5 Å². The van der Waals surface area contributed by atoms with Crippen LogP contribution in [0.2, 0.25) is 5.15 Å². The van der Waals surface area contributed by atoms with E-state index in [1.807, 2.05) is 20.2 Å². The molecule has 3 unspecified atom stereocenters. The Morgan fingerprint density at radius 1 is 1.33 bits per heavy atom. The van der Waals surface area contributed by atoms with Crippen LogP contribution < -0.4 is 10.6 Å². The van der Waals surface area contributed by atoms with Crippen molar-refractivity contribution in [2.45, 2.75) is 78.2 Å². The monoisotopic (exact) mass is 439 g/mol. The number of anilines is 1. The Kier molecular flexibility index (Phi) is 8.07. The van der Waals surface area contributed by atoms with E-state index in [1.54, 1.807) is 7.05 Å². The van der Waals surface area contributed by atoms with Gasteiger partial charge in [-0.15, -0.1) is 0 Å². The molecule has 0 radical (unpaired) electrons. The second-order valence-corrected chi connectivity index (χ2v) is 8.46. The first-order valence-electron chi connectivity index (χ1n) is 10.6. The molecule has 0 spiro atoms. The Morgan fingerprint density at radius 2 is 1.97 bits per heavy atom. The fourth-order valence-electron chi connectivity index (χ4n) is 3.91. The number of aromatic nitrogens is 3. The van der Waals surface area contributed by atoms with Crippen molar-refractivity contribution in [1.29, 1.82) is 0 Å². The fourth-order valence-corrected chi connectivity index (χ4v) is 4.17. The number of hydrogen-bond donors (Lipinski definition) is 4. The summed E-state index contributed by atoms with van der Waals surface area (Å²) in [6.07, 6.45) is 5.41. The maximum Gasteiger partial charge on any atom is 0.222 e. The molecule has 1 amide bonds. The van der Waals surface area contributed by atoms with Crippen LogP contribution in [0, 0.1) is 5.92 Å². The van der Waals surface area contributed by atoms with E-state index < -0.39 is 5.79 Å². The lowest BCUT2D eigenvalue weighted by Crippen LogP contribution is -2.25. The van der Waals surface area contributed by atoms with E-state index in [4.69, 9.17) is 21.8 Å². The first kappa shape index (κ1) is 24.4. The molecule has 1 fully saturated rings. The van der Waals surface area contributed by atoms with Crippen LogP contribution in [0.3, 0.4) is 0 Å². The molecule has 2 aliphatic rings. The van der Waals surface area contributed by atoms with Crippen LogP contribution in [0.1, 0.15) is 65.5 Å². The lowest BCUT2D eigenvalue weighted by Gasteiger charge is -2.13. The zero-order valence-electron chi connectivity index (χ0n) is 18.7. The Bertz CT molecular complexity index is 872. The van der Waals surface area contributed by atoms with Crippen LogP contribution in [-0.2, 0) is 11.2 Å². The van der Waals surface area contributed by atoms with Crippen molar-refractivity contribution in [3.63, 3.8) is 0 Å². The van der Waals surface area contributed by atoms with E-state index >= 15 is 0 Å². The summed E-state index contributed by atoms with van der Waals surface area (Å²) in [6, 6.07) is 0.604. The van der Waals surface area contributed by atoms with E-state index in [-0.39, 0.29) is 17.9 Å². The van der Waals surface area contributed by atoms with E-state index in [2.05, 4.69) is 32.1 Å². The third-order valence-electron chi connectivity index (χ3n) is 5.08. The summed E-state index contributed by atoms with van der Waals surface area (Å²) >= 11 is 6.39. The van der Waals surface area contributed by atoms with Gasteiger partial charge < -0.3 is 25.4 Å². The Hall–Kier alpha value is -1.90. The van der Waals surface area contributed by atoms with Crippen molar-refractivity contribution in [1.82, 2.24) is 19.9 Å². The summed E-state index contributed by atoms with van der Waals surface area (Å²) in [5, 5.41) is 22.9. The highest BCUT2D eigenvalue weighted by molar-refractivity contribution is 6.31. The molecule has 0 saturated heterocycles. The van der Waals surface area contributed by atoms with Crippen molar-refractivity contribution in [2.24, 2.45) is 5.92 Å². The topological polar surface area (TPSA) is 112 Å². The first-order valence-corrected chi connectivity index (χ1v) is 10.9. The normalized spacial score (nSPS) is 22.4. The molecule has 1 saturated carbocycles. The SMILES string of the molecule is CC.CC(C)(O)O.CNC(=O)C1CCC(n2cnc3c4c(c(Cl)nc32)CC(C)N4)C1. The van der Waals surface area contributed by atoms with Gasteiger partial charge in [0.25, 0.3) is 0 Å².